The van der Waals surface area contributed by atoms with E-state index >= 15 is 0 Å². The molecule has 0 fully saturated rings. The lowest BCUT2D eigenvalue weighted by Gasteiger charge is -2.10. The summed E-state index contributed by atoms with van der Waals surface area (Å²) < 4.78 is 2.08. The second kappa shape index (κ2) is 7.28. The Morgan fingerprint density at radius 1 is 1.30 bits per heavy atom. The van der Waals surface area contributed by atoms with Crippen LogP contribution >= 0.6 is 11.3 Å². The van der Waals surface area contributed by atoms with E-state index in [9.17, 15) is 0 Å². The van der Waals surface area contributed by atoms with Crippen LogP contribution < -0.4 is 10.6 Å². The van der Waals surface area contributed by atoms with Crippen molar-refractivity contribution in [3.8, 4) is 0 Å². The lowest BCUT2D eigenvalue weighted by atomic mass is 10.3. The van der Waals surface area contributed by atoms with Crippen LogP contribution in [0.4, 0.5) is 0 Å². The molecular formula is C17H21N5S. The normalized spacial score (nSPS) is 11.8. The molecule has 3 rings (SSSR count). The molecule has 0 aromatic carbocycles. The summed E-state index contributed by atoms with van der Waals surface area (Å²) in [6.07, 6.45) is 4.99. The van der Waals surface area contributed by atoms with Gasteiger partial charge in [-0.25, -0.2) is 4.98 Å². The standard InChI is InChI=1S/C17H21N5S/c1-13-5-3-9-22-12-14(21-16(13)22)7-8-19-17(18-2)20-11-15-6-4-10-23-15/h3-6,9-10,12H,7-8,11H2,1-2H3,(H2,18,19,20). The Hall–Kier alpha value is -2.34. The molecule has 0 bridgehead atoms. The molecule has 0 spiro atoms. The first kappa shape index (κ1) is 15.6. The number of aromatic nitrogens is 2. The third-order valence-corrected chi connectivity index (χ3v) is 4.51. The number of thiophene rings is 1. The summed E-state index contributed by atoms with van der Waals surface area (Å²) in [6, 6.07) is 8.30. The second-order valence-electron chi connectivity index (χ2n) is 5.34. The van der Waals surface area contributed by atoms with Gasteiger partial charge in [0.25, 0.3) is 0 Å². The summed E-state index contributed by atoms with van der Waals surface area (Å²) in [5, 5.41) is 8.73. The maximum absolute atomic E-state index is 4.69. The van der Waals surface area contributed by atoms with Crippen LogP contribution in [0.5, 0.6) is 0 Å². The van der Waals surface area contributed by atoms with Gasteiger partial charge in [-0.15, -0.1) is 11.3 Å². The molecule has 0 saturated carbocycles. The Morgan fingerprint density at radius 3 is 2.96 bits per heavy atom. The number of rotatable bonds is 5. The first-order chi connectivity index (χ1) is 11.3. The highest BCUT2D eigenvalue weighted by atomic mass is 32.1. The minimum Gasteiger partial charge on any atom is -0.356 e. The summed E-state index contributed by atoms with van der Waals surface area (Å²) in [5.74, 6) is 0.818. The molecule has 3 aromatic heterocycles. The fraction of sp³-hybridized carbons (Fsp3) is 0.294. The Labute approximate surface area is 140 Å². The smallest absolute Gasteiger partial charge is 0.191 e. The minimum absolute atomic E-state index is 0.797. The summed E-state index contributed by atoms with van der Waals surface area (Å²) in [7, 11) is 1.79. The first-order valence-electron chi connectivity index (χ1n) is 7.66. The van der Waals surface area contributed by atoms with E-state index in [0.717, 1.165) is 36.8 Å². The zero-order chi connectivity index (χ0) is 16.1. The third kappa shape index (κ3) is 3.90. The number of nitrogens with zero attached hydrogens (tertiary/aromatic N) is 3. The molecule has 0 saturated heterocycles. The predicted octanol–water partition coefficient (Wildman–Crippen LogP) is 2.61. The molecule has 0 unspecified atom stereocenters. The molecule has 0 aliphatic carbocycles. The highest BCUT2D eigenvalue weighted by Gasteiger charge is 2.04. The van der Waals surface area contributed by atoms with E-state index in [4.69, 9.17) is 0 Å². The van der Waals surface area contributed by atoms with Crippen molar-refractivity contribution in [3.63, 3.8) is 0 Å². The molecule has 3 aromatic rings. The molecule has 0 atom stereocenters. The van der Waals surface area contributed by atoms with Crippen molar-refractivity contribution < 1.29 is 0 Å². The second-order valence-corrected chi connectivity index (χ2v) is 6.37. The molecule has 5 nitrogen and oxygen atoms in total. The Bertz CT molecular complexity index is 789. The molecule has 23 heavy (non-hydrogen) atoms. The lowest BCUT2D eigenvalue weighted by Crippen LogP contribution is -2.37. The molecule has 0 aliphatic heterocycles. The van der Waals surface area contributed by atoms with E-state index in [0.29, 0.717) is 0 Å². The summed E-state index contributed by atoms with van der Waals surface area (Å²) >= 11 is 1.74. The van der Waals surface area contributed by atoms with Crippen molar-refractivity contribution in [2.45, 2.75) is 19.9 Å². The summed E-state index contributed by atoms with van der Waals surface area (Å²) in [6.45, 7) is 3.68. The largest absolute Gasteiger partial charge is 0.356 e. The van der Waals surface area contributed by atoms with Gasteiger partial charge in [0.05, 0.1) is 12.2 Å². The number of pyridine rings is 1. The topological polar surface area (TPSA) is 53.7 Å². The molecular weight excluding hydrogens is 306 g/mol. The van der Waals surface area contributed by atoms with E-state index < -0.39 is 0 Å². The number of imidazole rings is 1. The van der Waals surface area contributed by atoms with Gasteiger partial charge in [-0.05, 0) is 30.0 Å². The van der Waals surface area contributed by atoms with Crippen LogP contribution in [-0.2, 0) is 13.0 Å². The molecule has 0 aliphatic rings. The van der Waals surface area contributed by atoms with Gasteiger partial charge in [-0.1, -0.05) is 12.1 Å². The van der Waals surface area contributed by atoms with Gasteiger partial charge >= 0.3 is 0 Å². The van der Waals surface area contributed by atoms with Gasteiger partial charge in [0.2, 0.25) is 0 Å². The van der Waals surface area contributed by atoms with E-state index in [-0.39, 0.29) is 0 Å². The fourth-order valence-electron chi connectivity index (χ4n) is 2.44. The van der Waals surface area contributed by atoms with Crippen LogP contribution in [0.2, 0.25) is 0 Å². The minimum atomic E-state index is 0.797. The average Bonchev–Trinajstić information content (AvgIpc) is 3.20. The van der Waals surface area contributed by atoms with E-state index in [1.807, 2.05) is 12.3 Å². The van der Waals surface area contributed by atoms with Gasteiger partial charge < -0.3 is 15.0 Å². The van der Waals surface area contributed by atoms with Crippen molar-refractivity contribution in [1.29, 1.82) is 0 Å². The highest BCUT2D eigenvalue weighted by molar-refractivity contribution is 7.09. The Morgan fingerprint density at radius 2 is 2.22 bits per heavy atom. The molecule has 0 amide bonds. The number of aryl methyl sites for hydroxylation is 1. The SMILES string of the molecule is CN=C(NCCc1cn2cccc(C)c2n1)NCc1cccs1. The van der Waals surface area contributed by atoms with Gasteiger partial charge in [0, 0.05) is 37.3 Å². The number of hydrogen-bond donors (Lipinski definition) is 2. The fourth-order valence-corrected chi connectivity index (χ4v) is 3.08. The molecule has 3 heterocycles. The van der Waals surface area contributed by atoms with Gasteiger partial charge in [0.15, 0.2) is 5.96 Å². The highest BCUT2D eigenvalue weighted by Crippen LogP contribution is 2.10. The van der Waals surface area contributed by atoms with Crippen LogP contribution in [0.1, 0.15) is 16.1 Å². The number of fused-ring (bicyclic) bond motifs is 1. The zero-order valence-corrected chi connectivity index (χ0v) is 14.2. The Balaban J connectivity index is 1.51. The van der Waals surface area contributed by atoms with E-state index in [1.165, 1.54) is 10.4 Å². The number of nitrogens with one attached hydrogen (secondary N) is 2. The van der Waals surface area contributed by atoms with Crippen LogP contribution in [0.3, 0.4) is 0 Å². The van der Waals surface area contributed by atoms with Crippen molar-refractivity contribution in [3.05, 3.63) is 58.2 Å². The van der Waals surface area contributed by atoms with Gasteiger partial charge in [0.1, 0.15) is 5.65 Å². The van der Waals surface area contributed by atoms with Crippen LogP contribution in [0, 0.1) is 6.92 Å². The first-order valence-corrected chi connectivity index (χ1v) is 8.54. The molecule has 0 radical (unpaired) electrons. The number of hydrogen-bond acceptors (Lipinski definition) is 3. The monoisotopic (exact) mass is 327 g/mol. The molecule has 6 heteroatoms. The predicted molar refractivity (Wildman–Crippen MR) is 96.2 cm³/mol. The number of guanidine groups is 1. The third-order valence-electron chi connectivity index (χ3n) is 3.64. The van der Waals surface area contributed by atoms with Crippen molar-refractivity contribution >= 4 is 22.9 Å². The van der Waals surface area contributed by atoms with E-state index in [2.05, 4.69) is 61.7 Å². The number of aliphatic imine (C=N–C) groups is 1. The van der Waals surface area contributed by atoms with Crippen LogP contribution in [-0.4, -0.2) is 28.9 Å². The van der Waals surface area contributed by atoms with Crippen molar-refractivity contribution in [2.24, 2.45) is 4.99 Å². The maximum Gasteiger partial charge on any atom is 0.191 e. The molecule has 120 valence electrons. The lowest BCUT2D eigenvalue weighted by molar-refractivity contribution is 0.791. The van der Waals surface area contributed by atoms with Crippen LogP contribution in [0.25, 0.3) is 5.65 Å². The summed E-state index contributed by atoms with van der Waals surface area (Å²) in [4.78, 5) is 10.2. The van der Waals surface area contributed by atoms with E-state index in [1.54, 1.807) is 18.4 Å². The quantitative estimate of drug-likeness (QED) is 0.559. The molecule has 2 N–H and O–H groups in total. The van der Waals surface area contributed by atoms with Crippen LogP contribution in [0.15, 0.2) is 47.0 Å². The average molecular weight is 327 g/mol. The van der Waals surface area contributed by atoms with Crippen molar-refractivity contribution in [2.75, 3.05) is 13.6 Å². The Kier molecular flexibility index (Phi) is 4.92. The van der Waals surface area contributed by atoms with Gasteiger partial charge in [-0.3, -0.25) is 4.99 Å². The zero-order valence-electron chi connectivity index (χ0n) is 13.4. The maximum atomic E-state index is 4.69. The van der Waals surface area contributed by atoms with Gasteiger partial charge in [-0.2, -0.15) is 0 Å². The van der Waals surface area contributed by atoms with Crippen molar-refractivity contribution in [1.82, 2.24) is 20.0 Å². The summed E-state index contributed by atoms with van der Waals surface area (Å²) in [5.41, 5.74) is 3.31.